The van der Waals surface area contributed by atoms with Gasteiger partial charge in [0.25, 0.3) is 0 Å². The molecule has 2 aromatic rings. The number of hydrogen-bond acceptors (Lipinski definition) is 6. The van der Waals surface area contributed by atoms with E-state index in [2.05, 4.69) is 5.32 Å². The van der Waals surface area contributed by atoms with Gasteiger partial charge in [-0.05, 0) is 61.9 Å². The minimum atomic E-state index is -3.72. The van der Waals surface area contributed by atoms with Crippen molar-refractivity contribution in [1.29, 1.82) is 5.26 Å². The Hall–Kier alpha value is -3.26. The lowest BCUT2D eigenvalue weighted by Crippen LogP contribution is -2.41. The van der Waals surface area contributed by atoms with E-state index in [1.165, 1.54) is 21.3 Å². The molecule has 9 nitrogen and oxygen atoms in total. The van der Waals surface area contributed by atoms with Gasteiger partial charge in [-0.3, -0.25) is 9.59 Å². The molecule has 0 aliphatic carbocycles. The number of morpholine rings is 1. The second kappa shape index (κ2) is 8.59. The summed E-state index contributed by atoms with van der Waals surface area (Å²) in [6.07, 6.45) is 0. The van der Waals surface area contributed by atoms with Gasteiger partial charge in [-0.2, -0.15) is 9.57 Å². The first-order chi connectivity index (χ1) is 15.6. The first-order valence-corrected chi connectivity index (χ1v) is 11.9. The fourth-order valence-electron chi connectivity index (χ4n) is 4.04. The summed E-state index contributed by atoms with van der Waals surface area (Å²) >= 11 is 0. The molecule has 0 atom stereocenters. The molecule has 2 amide bonds. The van der Waals surface area contributed by atoms with Crippen LogP contribution in [0, 0.1) is 11.3 Å². The molecule has 2 aliphatic heterocycles. The molecular weight excluding hydrogens is 444 g/mol. The first-order valence-electron chi connectivity index (χ1n) is 10.5. The standard InChI is InChI=1S/C23H24N4O5S/c1-23(2)19-13-18(33(30,31)26-9-11-32-12-10-26)7-8-20(19)27(22(23)29)15-21(28)25-17-5-3-16(14-24)4-6-17/h3-8,13H,9-12,15H2,1-2H3,(H,25,28). The average Bonchev–Trinajstić information content (AvgIpc) is 3.00. The number of amides is 2. The second-order valence-corrected chi connectivity index (χ2v) is 10.4. The van der Waals surface area contributed by atoms with Crippen LogP contribution in [0.25, 0.3) is 0 Å². The molecular formula is C23H24N4O5S. The van der Waals surface area contributed by atoms with E-state index >= 15 is 0 Å². The van der Waals surface area contributed by atoms with Crippen LogP contribution >= 0.6 is 0 Å². The van der Waals surface area contributed by atoms with Crippen LogP contribution in [0.1, 0.15) is 25.0 Å². The number of benzene rings is 2. The Labute approximate surface area is 192 Å². The highest BCUT2D eigenvalue weighted by atomic mass is 32.2. The van der Waals surface area contributed by atoms with E-state index in [-0.39, 0.29) is 30.4 Å². The number of rotatable bonds is 5. The van der Waals surface area contributed by atoms with Crippen LogP contribution in [0.5, 0.6) is 0 Å². The van der Waals surface area contributed by atoms with E-state index in [1.54, 1.807) is 44.2 Å². The smallest absolute Gasteiger partial charge is 0.244 e. The molecule has 0 aromatic heterocycles. The lowest BCUT2D eigenvalue weighted by molar-refractivity contribution is -0.124. The fourth-order valence-corrected chi connectivity index (χ4v) is 5.47. The number of nitriles is 1. The molecule has 0 unspecified atom stereocenters. The Balaban J connectivity index is 1.58. The maximum atomic E-state index is 13.2. The summed E-state index contributed by atoms with van der Waals surface area (Å²) < 4.78 is 32.8. The van der Waals surface area contributed by atoms with Gasteiger partial charge in [0.15, 0.2) is 0 Å². The second-order valence-electron chi connectivity index (χ2n) is 8.45. The zero-order chi connectivity index (χ0) is 23.8. The van der Waals surface area contributed by atoms with Crippen LogP contribution < -0.4 is 10.2 Å². The van der Waals surface area contributed by atoms with Gasteiger partial charge in [-0.25, -0.2) is 8.42 Å². The highest BCUT2D eigenvalue weighted by Crippen LogP contribution is 2.42. The van der Waals surface area contributed by atoms with Gasteiger partial charge in [-0.15, -0.1) is 0 Å². The van der Waals surface area contributed by atoms with Crippen LogP contribution in [0.4, 0.5) is 11.4 Å². The van der Waals surface area contributed by atoms with Crippen LogP contribution in [-0.2, 0) is 29.8 Å². The predicted octanol–water partition coefficient (Wildman–Crippen LogP) is 1.84. The Morgan fingerprint density at radius 1 is 1.15 bits per heavy atom. The number of carbonyl (C=O) groups is 2. The molecule has 0 spiro atoms. The molecule has 33 heavy (non-hydrogen) atoms. The summed E-state index contributed by atoms with van der Waals surface area (Å²) in [5, 5.41) is 11.6. The van der Waals surface area contributed by atoms with E-state index < -0.39 is 21.3 Å². The molecule has 2 heterocycles. The van der Waals surface area contributed by atoms with E-state index in [4.69, 9.17) is 10.00 Å². The average molecular weight is 469 g/mol. The molecule has 0 bridgehead atoms. The SMILES string of the molecule is CC1(C)C(=O)N(CC(=O)Nc2ccc(C#N)cc2)c2ccc(S(=O)(=O)N3CCOCC3)cc21. The molecule has 172 valence electrons. The lowest BCUT2D eigenvalue weighted by Gasteiger charge is -2.26. The number of fused-ring (bicyclic) bond motifs is 1. The molecule has 1 saturated heterocycles. The summed E-state index contributed by atoms with van der Waals surface area (Å²) in [7, 11) is -3.72. The van der Waals surface area contributed by atoms with Crippen molar-refractivity contribution < 1.29 is 22.7 Å². The third kappa shape index (κ3) is 4.23. The van der Waals surface area contributed by atoms with Crippen LogP contribution in [0.3, 0.4) is 0 Å². The molecule has 1 N–H and O–H groups in total. The molecule has 2 aromatic carbocycles. The van der Waals surface area contributed by atoms with Crippen molar-refractivity contribution in [2.24, 2.45) is 0 Å². The Kier molecular flexibility index (Phi) is 5.97. The van der Waals surface area contributed by atoms with E-state index in [0.717, 1.165) is 0 Å². The zero-order valence-corrected chi connectivity index (χ0v) is 19.2. The van der Waals surface area contributed by atoms with Crippen molar-refractivity contribution in [1.82, 2.24) is 4.31 Å². The predicted molar refractivity (Wildman–Crippen MR) is 121 cm³/mol. The van der Waals surface area contributed by atoms with E-state index in [9.17, 15) is 18.0 Å². The summed E-state index contributed by atoms with van der Waals surface area (Å²) in [5.41, 5.74) is 1.08. The largest absolute Gasteiger partial charge is 0.379 e. The zero-order valence-electron chi connectivity index (χ0n) is 18.4. The van der Waals surface area contributed by atoms with Gasteiger partial charge in [-0.1, -0.05) is 0 Å². The van der Waals surface area contributed by atoms with Crippen LogP contribution in [0.2, 0.25) is 0 Å². The number of nitrogens with one attached hydrogen (secondary N) is 1. The molecule has 4 rings (SSSR count). The summed E-state index contributed by atoms with van der Waals surface area (Å²) in [6.45, 7) is 4.47. The Morgan fingerprint density at radius 3 is 2.45 bits per heavy atom. The summed E-state index contributed by atoms with van der Waals surface area (Å²) in [4.78, 5) is 27.3. The summed E-state index contributed by atoms with van der Waals surface area (Å²) in [6, 6.07) is 13.0. The minimum Gasteiger partial charge on any atom is -0.379 e. The third-order valence-electron chi connectivity index (χ3n) is 5.92. The number of hydrogen-bond donors (Lipinski definition) is 1. The van der Waals surface area contributed by atoms with Crippen molar-refractivity contribution in [3.8, 4) is 6.07 Å². The molecule has 0 radical (unpaired) electrons. The highest BCUT2D eigenvalue weighted by Gasteiger charge is 2.45. The van der Waals surface area contributed by atoms with Crippen molar-refractivity contribution >= 4 is 33.2 Å². The normalized spacial score (nSPS) is 18.0. The first kappa shape index (κ1) is 22.9. The van der Waals surface area contributed by atoms with Crippen molar-refractivity contribution in [3.05, 3.63) is 53.6 Å². The van der Waals surface area contributed by atoms with Gasteiger partial charge >= 0.3 is 0 Å². The van der Waals surface area contributed by atoms with Gasteiger partial charge < -0.3 is 15.0 Å². The monoisotopic (exact) mass is 468 g/mol. The van der Waals surface area contributed by atoms with Crippen molar-refractivity contribution in [3.63, 3.8) is 0 Å². The molecule has 0 saturated carbocycles. The molecule has 10 heteroatoms. The van der Waals surface area contributed by atoms with E-state index in [1.807, 2.05) is 6.07 Å². The number of nitrogens with zero attached hydrogens (tertiary/aromatic N) is 3. The molecule has 1 fully saturated rings. The van der Waals surface area contributed by atoms with Crippen LogP contribution in [-0.4, -0.2) is 57.4 Å². The fraction of sp³-hybridized carbons (Fsp3) is 0.348. The van der Waals surface area contributed by atoms with Gasteiger partial charge in [0.1, 0.15) is 6.54 Å². The summed E-state index contributed by atoms with van der Waals surface area (Å²) in [5.74, 6) is -0.685. The topological polar surface area (TPSA) is 120 Å². The van der Waals surface area contributed by atoms with Gasteiger partial charge in [0.2, 0.25) is 21.8 Å². The van der Waals surface area contributed by atoms with Gasteiger partial charge in [0.05, 0.1) is 35.2 Å². The van der Waals surface area contributed by atoms with Crippen molar-refractivity contribution in [2.45, 2.75) is 24.2 Å². The highest BCUT2D eigenvalue weighted by molar-refractivity contribution is 7.89. The quantitative estimate of drug-likeness (QED) is 0.715. The van der Waals surface area contributed by atoms with Crippen molar-refractivity contribution in [2.75, 3.05) is 43.1 Å². The third-order valence-corrected chi connectivity index (χ3v) is 7.81. The molecule has 2 aliphatic rings. The Bertz CT molecular complexity index is 1240. The maximum absolute atomic E-state index is 13.2. The number of sulfonamides is 1. The number of anilines is 2. The minimum absolute atomic E-state index is 0.118. The van der Waals surface area contributed by atoms with Crippen LogP contribution in [0.15, 0.2) is 47.4 Å². The number of carbonyl (C=O) groups excluding carboxylic acids is 2. The van der Waals surface area contributed by atoms with E-state index in [0.29, 0.717) is 35.7 Å². The van der Waals surface area contributed by atoms with Gasteiger partial charge in [0, 0.05) is 24.5 Å². The Morgan fingerprint density at radius 2 is 1.82 bits per heavy atom. The maximum Gasteiger partial charge on any atom is 0.244 e. The number of ether oxygens (including phenoxy) is 1. The lowest BCUT2D eigenvalue weighted by atomic mass is 9.86.